The topological polar surface area (TPSA) is 65.5 Å². The van der Waals surface area contributed by atoms with Crippen molar-refractivity contribution in [1.82, 2.24) is 9.88 Å². The van der Waals surface area contributed by atoms with Crippen LogP contribution in [0.1, 0.15) is 24.1 Å². The van der Waals surface area contributed by atoms with E-state index in [1.165, 1.54) is 5.56 Å². The van der Waals surface area contributed by atoms with Gasteiger partial charge in [-0.15, -0.1) is 0 Å². The molecule has 1 saturated heterocycles. The number of carboxylic acids is 1. The van der Waals surface area contributed by atoms with Crippen molar-refractivity contribution in [2.75, 3.05) is 18.4 Å². The molecule has 0 bridgehead atoms. The first-order chi connectivity index (χ1) is 13.7. The van der Waals surface area contributed by atoms with Crippen LogP contribution in [0, 0.1) is 0 Å². The van der Waals surface area contributed by atoms with Crippen LogP contribution in [0.3, 0.4) is 0 Å². The van der Waals surface area contributed by atoms with E-state index in [-0.39, 0.29) is 6.42 Å². The van der Waals surface area contributed by atoms with E-state index in [1.807, 2.05) is 30.3 Å². The molecule has 144 valence electrons. The van der Waals surface area contributed by atoms with Gasteiger partial charge in [0, 0.05) is 36.7 Å². The highest BCUT2D eigenvalue weighted by molar-refractivity contribution is 5.92. The second-order valence-electron chi connectivity index (χ2n) is 7.43. The van der Waals surface area contributed by atoms with Crippen molar-refractivity contribution in [3.05, 3.63) is 71.9 Å². The molecule has 0 amide bonds. The lowest BCUT2D eigenvalue weighted by Gasteiger charge is -2.33. The third-order valence-electron chi connectivity index (χ3n) is 5.30. The van der Waals surface area contributed by atoms with E-state index in [0.29, 0.717) is 11.7 Å². The molecule has 4 rings (SSSR count). The lowest BCUT2D eigenvalue weighted by Crippen LogP contribution is -2.38. The van der Waals surface area contributed by atoms with Gasteiger partial charge in [0.25, 0.3) is 0 Å². The fourth-order valence-electron chi connectivity index (χ4n) is 3.89. The summed E-state index contributed by atoms with van der Waals surface area (Å²) in [5, 5.41) is 13.8. The van der Waals surface area contributed by atoms with E-state index in [4.69, 9.17) is 5.11 Å². The standard InChI is InChI=1S/C23H25N3O2/c27-23(28)15-19-14-22(20-8-4-5-9-21(20)25-19)24-18-10-12-26(13-11-18)16-17-6-2-1-3-7-17/h1-9,14,18H,10-13,15-16H2,(H,24,25)(H,27,28). The first-order valence-electron chi connectivity index (χ1n) is 9.80. The molecule has 5 heteroatoms. The minimum atomic E-state index is -0.858. The SMILES string of the molecule is O=C(O)Cc1cc(NC2CCN(Cc3ccccc3)CC2)c2ccccc2n1. The van der Waals surface area contributed by atoms with Gasteiger partial charge in [0.2, 0.25) is 0 Å². The summed E-state index contributed by atoms with van der Waals surface area (Å²) < 4.78 is 0. The smallest absolute Gasteiger partial charge is 0.309 e. The molecule has 2 N–H and O–H groups in total. The number of rotatable bonds is 6. The van der Waals surface area contributed by atoms with Crippen molar-refractivity contribution in [3.8, 4) is 0 Å². The molecule has 2 heterocycles. The van der Waals surface area contributed by atoms with Crippen molar-refractivity contribution in [2.24, 2.45) is 0 Å². The Labute approximate surface area is 165 Å². The van der Waals surface area contributed by atoms with Crippen LogP contribution >= 0.6 is 0 Å². The number of carbonyl (C=O) groups is 1. The van der Waals surface area contributed by atoms with Gasteiger partial charge >= 0.3 is 5.97 Å². The average molecular weight is 375 g/mol. The molecule has 1 aromatic heterocycles. The number of benzene rings is 2. The number of hydrogen-bond donors (Lipinski definition) is 2. The van der Waals surface area contributed by atoms with Crippen LogP contribution in [0.15, 0.2) is 60.7 Å². The number of fused-ring (bicyclic) bond motifs is 1. The normalized spacial score (nSPS) is 15.6. The second kappa shape index (κ2) is 8.40. The molecule has 0 saturated carbocycles. The molecule has 1 aliphatic rings. The lowest BCUT2D eigenvalue weighted by atomic mass is 10.0. The van der Waals surface area contributed by atoms with Crippen LogP contribution in [0.25, 0.3) is 10.9 Å². The Balaban J connectivity index is 1.44. The van der Waals surface area contributed by atoms with Crippen LogP contribution in [-0.4, -0.2) is 40.1 Å². The number of nitrogens with one attached hydrogen (secondary N) is 1. The first kappa shape index (κ1) is 18.4. The minimum absolute atomic E-state index is 0.0605. The van der Waals surface area contributed by atoms with Gasteiger partial charge in [-0.2, -0.15) is 0 Å². The Hall–Kier alpha value is -2.92. The number of aliphatic carboxylic acids is 1. The molecular formula is C23H25N3O2. The van der Waals surface area contributed by atoms with E-state index in [9.17, 15) is 4.79 Å². The molecule has 0 radical (unpaired) electrons. The van der Waals surface area contributed by atoms with E-state index in [2.05, 4.69) is 45.5 Å². The second-order valence-corrected chi connectivity index (χ2v) is 7.43. The summed E-state index contributed by atoms with van der Waals surface area (Å²) in [4.78, 5) is 18.1. The summed E-state index contributed by atoms with van der Waals surface area (Å²) >= 11 is 0. The van der Waals surface area contributed by atoms with E-state index in [1.54, 1.807) is 0 Å². The first-order valence-corrected chi connectivity index (χ1v) is 9.80. The van der Waals surface area contributed by atoms with E-state index in [0.717, 1.165) is 49.1 Å². The zero-order valence-corrected chi connectivity index (χ0v) is 15.8. The third-order valence-corrected chi connectivity index (χ3v) is 5.30. The maximum atomic E-state index is 11.1. The van der Waals surface area contributed by atoms with Gasteiger partial charge in [-0.1, -0.05) is 48.5 Å². The zero-order valence-electron chi connectivity index (χ0n) is 15.8. The lowest BCUT2D eigenvalue weighted by molar-refractivity contribution is -0.136. The largest absolute Gasteiger partial charge is 0.481 e. The van der Waals surface area contributed by atoms with Gasteiger partial charge in [-0.3, -0.25) is 14.7 Å². The van der Waals surface area contributed by atoms with Crippen molar-refractivity contribution in [3.63, 3.8) is 0 Å². The summed E-state index contributed by atoms with van der Waals surface area (Å²) in [7, 11) is 0. The minimum Gasteiger partial charge on any atom is -0.481 e. The summed E-state index contributed by atoms with van der Waals surface area (Å²) in [6.07, 6.45) is 2.07. The van der Waals surface area contributed by atoms with Crippen molar-refractivity contribution < 1.29 is 9.90 Å². The van der Waals surface area contributed by atoms with Gasteiger partial charge in [-0.05, 0) is 30.5 Å². The summed E-state index contributed by atoms with van der Waals surface area (Å²) in [6.45, 7) is 3.10. The molecule has 0 atom stereocenters. The summed E-state index contributed by atoms with van der Waals surface area (Å²) in [5.74, 6) is -0.858. The van der Waals surface area contributed by atoms with E-state index >= 15 is 0 Å². The monoisotopic (exact) mass is 375 g/mol. The van der Waals surface area contributed by atoms with Crippen LogP contribution in [0.5, 0.6) is 0 Å². The molecule has 2 aromatic carbocycles. The maximum Gasteiger partial charge on any atom is 0.309 e. The van der Waals surface area contributed by atoms with Gasteiger partial charge in [0.05, 0.1) is 17.6 Å². The Morgan fingerprint density at radius 3 is 2.54 bits per heavy atom. The van der Waals surface area contributed by atoms with Crippen molar-refractivity contribution >= 4 is 22.6 Å². The molecular weight excluding hydrogens is 350 g/mol. The fraction of sp³-hybridized carbons (Fsp3) is 0.304. The highest BCUT2D eigenvalue weighted by Crippen LogP contribution is 2.26. The number of aromatic nitrogens is 1. The highest BCUT2D eigenvalue weighted by atomic mass is 16.4. The zero-order chi connectivity index (χ0) is 19.3. The number of piperidine rings is 1. The number of para-hydroxylation sites is 1. The van der Waals surface area contributed by atoms with Crippen LogP contribution in [0.2, 0.25) is 0 Å². The Bertz CT molecular complexity index is 950. The number of carboxylic acid groups (broad SMARTS) is 1. The van der Waals surface area contributed by atoms with Crippen molar-refractivity contribution in [1.29, 1.82) is 0 Å². The third kappa shape index (κ3) is 4.49. The van der Waals surface area contributed by atoms with Crippen LogP contribution in [0.4, 0.5) is 5.69 Å². The number of pyridine rings is 1. The summed E-state index contributed by atoms with van der Waals surface area (Å²) in [5.41, 5.74) is 3.77. The Morgan fingerprint density at radius 2 is 1.79 bits per heavy atom. The molecule has 3 aromatic rings. The molecule has 1 aliphatic heterocycles. The van der Waals surface area contributed by atoms with Gasteiger partial charge < -0.3 is 10.4 Å². The predicted octanol–water partition coefficient (Wildman–Crippen LogP) is 3.94. The Morgan fingerprint density at radius 1 is 1.07 bits per heavy atom. The number of anilines is 1. The van der Waals surface area contributed by atoms with Crippen LogP contribution < -0.4 is 5.32 Å². The average Bonchev–Trinajstić information content (AvgIpc) is 2.70. The van der Waals surface area contributed by atoms with Gasteiger partial charge in [0.1, 0.15) is 0 Å². The fourth-order valence-corrected chi connectivity index (χ4v) is 3.89. The molecule has 0 aliphatic carbocycles. The molecule has 28 heavy (non-hydrogen) atoms. The number of likely N-dealkylation sites (tertiary alicyclic amines) is 1. The van der Waals surface area contributed by atoms with Gasteiger partial charge in [0.15, 0.2) is 0 Å². The Kier molecular flexibility index (Phi) is 5.53. The number of nitrogens with zero attached hydrogens (tertiary/aromatic N) is 2. The molecule has 1 fully saturated rings. The highest BCUT2D eigenvalue weighted by Gasteiger charge is 2.20. The van der Waals surface area contributed by atoms with Crippen molar-refractivity contribution in [2.45, 2.75) is 31.8 Å². The predicted molar refractivity (Wildman–Crippen MR) is 111 cm³/mol. The number of hydrogen-bond acceptors (Lipinski definition) is 4. The summed E-state index contributed by atoms with van der Waals surface area (Å²) in [6, 6.07) is 20.8. The van der Waals surface area contributed by atoms with Crippen LogP contribution in [-0.2, 0) is 17.8 Å². The molecule has 5 nitrogen and oxygen atoms in total. The van der Waals surface area contributed by atoms with Gasteiger partial charge in [-0.25, -0.2) is 0 Å². The van der Waals surface area contributed by atoms with E-state index < -0.39 is 5.97 Å². The maximum absolute atomic E-state index is 11.1. The quantitative estimate of drug-likeness (QED) is 0.683. The molecule has 0 unspecified atom stereocenters. The molecule has 0 spiro atoms.